The molecule has 0 aliphatic carbocycles. The molecule has 1 aliphatic rings. The second-order valence-corrected chi connectivity index (χ2v) is 8.28. The average molecular weight is 409 g/mol. The molecule has 1 saturated heterocycles. The minimum absolute atomic E-state index is 0.0540. The van der Waals surface area contributed by atoms with Crippen molar-refractivity contribution in [1.82, 2.24) is 4.90 Å². The molecule has 0 bridgehead atoms. The number of carbonyl (C=O) groups excluding carboxylic acids is 1. The molecule has 1 aromatic carbocycles. The second kappa shape index (κ2) is 6.30. The van der Waals surface area contributed by atoms with Gasteiger partial charge in [0.2, 0.25) is 0 Å². The van der Waals surface area contributed by atoms with Crippen molar-refractivity contribution in [2.45, 2.75) is 12.5 Å². The molecular weight excluding hydrogens is 393 g/mol. The van der Waals surface area contributed by atoms with E-state index in [-0.39, 0.29) is 30.1 Å². The number of halogens is 1. The van der Waals surface area contributed by atoms with Gasteiger partial charge in [0.15, 0.2) is 16.4 Å². The molecule has 0 saturated carbocycles. The Morgan fingerprint density at radius 1 is 1.50 bits per heavy atom. The van der Waals surface area contributed by atoms with Crippen molar-refractivity contribution in [3.63, 3.8) is 0 Å². The van der Waals surface area contributed by atoms with Crippen molar-refractivity contribution in [2.75, 3.05) is 25.2 Å². The first-order valence-electron chi connectivity index (χ1n) is 6.22. The third kappa shape index (κ3) is 4.08. The summed E-state index contributed by atoms with van der Waals surface area (Å²) in [6.45, 7) is -0.0762. The normalized spacial score (nSPS) is 20.6. The number of amides is 1. The van der Waals surface area contributed by atoms with Crippen LogP contribution in [-0.4, -0.2) is 50.4 Å². The van der Waals surface area contributed by atoms with Gasteiger partial charge in [0.25, 0.3) is 5.91 Å². The Kier molecular flexibility index (Phi) is 4.90. The first-order valence-corrected chi connectivity index (χ1v) is 9.12. The number of rotatable bonds is 4. The average Bonchev–Trinajstić information content (AvgIpc) is 2.75. The molecule has 2 rings (SSSR count). The highest BCUT2D eigenvalue weighted by molar-refractivity contribution is 14.1. The molecule has 1 atom stereocenters. The monoisotopic (exact) mass is 409 g/mol. The molecule has 1 amide bonds. The zero-order valence-electron chi connectivity index (χ0n) is 11.1. The van der Waals surface area contributed by atoms with E-state index in [1.165, 1.54) is 4.90 Å². The lowest BCUT2D eigenvalue weighted by Gasteiger charge is -2.23. The number of hydrogen-bond acceptors (Lipinski definition) is 4. The van der Waals surface area contributed by atoms with Crippen LogP contribution in [0.5, 0.6) is 5.75 Å². The Morgan fingerprint density at radius 3 is 2.85 bits per heavy atom. The molecule has 1 aliphatic heterocycles. The van der Waals surface area contributed by atoms with Gasteiger partial charge in [-0.3, -0.25) is 4.79 Å². The summed E-state index contributed by atoms with van der Waals surface area (Å²) in [6, 6.07) is 7.19. The van der Waals surface area contributed by atoms with Gasteiger partial charge in [-0.05, 0) is 47.2 Å². The second-order valence-electron chi connectivity index (χ2n) is 4.81. The van der Waals surface area contributed by atoms with E-state index in [0.29, 0.717) is 12.2 Å². The Hall–Kier alpha value is -0.830. The number of carbonyl (C=O) groups is 1. The quantitative estimate of drug-likeness (QED) is 0.704. The number of benzene rings is 1. The maximum Gasteiger partial charge on any atom is 0.260 e. The Bertz CT molecular complexity index is 602. The van der Waals surface area contributed by atoms with Crippen LogP contribution in [0.2, 0.25) is 0 Å². The topological polar surface area (TPSA) is 63.7 Å². The minimum atomic E-state index is -2.98. The van der Waals surface area contributed by atoms with Crippen molar-refractivity contribution in [1.29, 1.82) is 0 Å². The Morgan fingerprint density at radius 2 is 2.25 bits per heavy atom. The number of likely N-dealkylation sites (N-methyl/N-ethyl adjacent to an activating group) is 1. The fourth-order valence-corrected chi connectivity index (χ4v) is 4.38. The Labute approximate surface area is 132 Å². The highest BCUT2D eigenvalue weighted by Crippen LogP contribution is 2.18. The molecule has 5 nitrogen and oxygen atoms in total. The minimum Gasteiger partial charge on any atom is -0.484 e. The molecule has 0 unspecified atom stereocenters. The van der Waals surface area contributed by atoms with Gasteiger partial charge in [-0.15, -0.1) is 0 Å². The van der Waals surface area contributed by atoms with Crippen molar-refractivity contribution < 1.29 is 17.9 Å². The smallest absolute Gasteiger partial charge is 0.260 e. The standard InChI is InChI=1S/C13H16INO4S/c1-15(11-5-6-20(17,18)9-11)13(16)8-19-12-4-2-3-10(14)7-12/h2-4,7,11H,5-6,8-9H2,1H3/t11-/m1/s1. The predicted molar refractivity (Wildman–Crippen MR) is 84.5 cm³/mol. The summed E-state index contributed by atoms with van der Waals surface area (Å²) in [6.07, 6.45) is 0.508. The van der Waals surface area contributed by atoms with E-state index in [1.54, 1.807) is 13.1 Å². The molecule has 7 heteroatoms. The molecule has 0 N–H and O–H groups in total. The summed E-state index contributed by atoms with van der Waals surface area (Å²) in [7, 11) is -1.35. The van der Waals surface area contributed by atoms with Crippen LogP contribution < -0.4 is 4.74 Å². The van der Waals surface area contributed by atoms with Gasteiger partial charge in [-0.2, -0.15) is 0 Å². The van der Waals surface area contributed by atoms with Crippen LogP contribution in [0.25, 0.3) is 0 Å². The van der Waals surface area contributed by atoms with Gasteiger partial charge in [-0.1, -0.05) is 6.07 Å². The summed E-state index contributed by atoms with van der Waals surface area (Å²) >= 11 is 2.17. The third-order valence-electron chi connectivity index (χ3n) is 3.31. The van der Waals surface area contributed by atoms with Crippen molar-refractivity contribution in [2.24, 2.45) is 0 Å². The SMILES string of the molecule is CN(C(=O)COc1cccc(I)c1)[C@@H]1CCS(=O)(=O)C1. The molecule has 0 radical (unpaired) electrons. The van der Waals surface area contributed by atoms with Crippen LogP contribution in [0.1, 0.15) is 6.42 Å². The zero-order chi connectivity index (χ0) is 14.8. The summed E-state index contributed by atoms with van der Waals surface area (Å²) in [4.78, 5) is 13.5. The predicted octanol–water partition coefficient (Wildman–Crippen LogP) is 1.32. The van der Waals surface area contributed by atoms with Crippen molar-refractivity contribution in [3.05, 3.63) is 27.8 Å². The van der Waals surface area contributed by atoms with Gasteiger partial charge in [0.1, 0.15) is 5.75 Å². The van der Waals surface area contributed by atoms with Crippen LogP contribution in [0, 0.1) is 3.57 Å². The van der Waals surface area contributed by atoms with E-state index >= 15 is 0 Å². The summed E-state index contributed by atoms with van der Waals surface area (Å²) < 4.78 is 29.3. The largest absolute Gasteiger partial charge is 0.484 e. The fraction of sp³-hybridized carbons (Fsp3) is 0.462. The summed E-state index contributed by atoms with van der Waals surface area (Å²) in [5.41, 5.74) is 0. The molecule has 1 fully saturated rings. The van der Waals surface area contributed by atoms with Gasteiger partial charge in [0, 0.05) is 16.7 Å². The lowest BCUT2D eigenvalue weighted by atomic mass is 10.2. The van der Waals surface area contributed by atoms with Crippen LogP contribution in [0.3, 0.4) is 0 Å². The molecular formula is C13H16INO4S. The first kappa shape index (κ1) is 15.6. The molecule has 1 aromatic rings. The van der Waals surface area contributed by atoms with E-state index in [4.69, 9.17) is 4.74 Å². The van der Waals surface area contributed by atoms with Crippen molar-refractivity contribution in [3.8, 4) is 5.75 Å². The van der Waals surface area contributed by atoms with E-state index in [0.717, 1.165) is 3.57 Å². The molecule has 0 spiro atoms. The lowest BCUT2D eigenvalue weighted by Crippen LogP contribution is -2.40. The third-order valence-corrected chi connectivity index (χ3v) is 5.73. The number of ether oxygens (including phenoxy) is 1. The van der Waals surface area contributed by atoms with Gasteiger partial charge in [-0.25, -0.2) is 8.42 Å². The number of nitrogens with zero attached hydrogens (tertiary/aromatic N) is 1. The summed E-state index contributed by atoms with van der Waals surface area (Å²) in [5.74, 6) is 0.648. The highest BCUT2D eigenvalue weighted by Gasteiger charge is 2.32. The summed E-state index contributed by atoms with van der Waals surface area (Å²) in [5, 5.41) is 0. The van der Waals surface area contributed by atoms with Gasteiger partial charge >= 0.3 is 0 Å². The van der Waals surface area contributed by atoms with E-state index in [1.807, 2.05) is 18.2 Å². The van der Waals surface area contributed by atoms with E-state index in [2.05, 4.69) is 22.6 Å². The highest BCUT2D eigenvalue weighted by atomic mass is 127. The van der Waals surface area contributed by atoms with Crippen LogP contribution in [0.15, 0.2) is 24.3 Å². The van der Waals surface area contributed by atoms with Gasteiger partial charge in [0.05, 0.1) is 11.5 Å². The molecule has 1 heterocycles. The van der Waals surface area contributed by atoms with Gasteiger partial charge < -0.3 is 9.64 Å². The maximum absolute atomic E-state index is 12.0. The lowest BCUT2D eigenvalue weighted by molar-refractivity contribution is -0.133. The first-order chi connectivity index (χ1) is 9.37. The molecule has 110 valence electrons. The number of sulfone groups is 1. The maximum atomic E-state index is 12.0. The zero-order valence-corrected chi connectivity index (χ0v) is 14.1. The van der Waals surface area contributed by atoms with Crippen LogP contribution >= 0.6 is 22.6 Å². The number of hydrogen-bond donors (Lipinski definition) is 0. The fourth-order valence-electron chi connectivity index (χ4n) is 2.09. The van der Waals surface area contributed by atoms with Crippen LogP contribution in [0.4, 0.5) is 0 Å². The van der Waals surface area contributed by atoms with Crippen molar-refractivity contribution >= 4 is 38.3 Å². The van der Waals surface area contributed by atoms with E-state index in [9.17, 15) is 13.2 Å². The molecule has 20 heavy (non-hydrogen) atoms. The van der Waals surface area contributed by atoms with E-state index < -0.39 is 9.84 Å². The molecule has 0 aromatic heterocycles. The van der Waals surface area contributed by atoms with Crippen LogP contribution in [-0.2, 0) is 14.6 Å². The Balaban J connectivity index is 1.89.